The van der Waals surface area contributed by atoms with Crippen LogP contribution in [0.2, 0.25) is 10.0 Å². The minimum Gasteiger partial charge on any atom is -0.457 e. The lowest BCUT2D eigenvalue weighted by molar-refractivity contribution is -0.118. The average molecular weight is 403 g/mol. The Morgan fingerprint density at radius 3 is 2.78 bits per heavy atom. The molecule has 0 saturated heterocycles. The zero-order chi connectivity index (χ0) is 19.4. The smallest absolute Gasteiger partial charge is 0.262 e. The van der Waals surface area contributed by atoms with Crippen LogP contribution in [0.15, 0.2) is 40.3 Å². The Bertz CT molecular complexity index is 911. The normalized spacial score (nSPS) is 20.1. The summed E-state index contributed by atoms with van der Waals surface area (Å²) in [5, 5.41) is 13.4. The molecule has 0 unspecified atom stereocenters. The molecule has 2 aromatic rings. The highest BCUT2D eigenvalue weighted by Gasteiger charge is 2.24. The first-order chi connectivity index (χ1) is 13.0. The Morgan fingerprint density at radius 2 is 2.04 bits per heavy atom. The van der Waals surface area contributed by atoms with Gasteiger partial charge in [-0.3, -0.25) is 4.79 Å². The van der Waals surface area contributed by atoms with Gasteiger partial charge >= 0.3 is 0 Å². The van der Waals surface area contributed by atoms with Crippen LogP contribution in [0.4, 0.5) is 0 Å². The van der Waals surface area contributed by atoms with Gasteiger partial charge in [0.1, 0.15) is 23.2 Å². The van der Waals surface area contributed by atoms with E-state index in [0.717, 1.165) is 19.3 Å². The van der Waals surface area contributed by atoms with Crippen molar-refractivity contribution in [3.8, 4) is 17.4 Å². The average Bonchev–Trinajstić information content (AvgIpc) is 3.12. The van der Waals surface area contributed by atoms with Crippen molar-refractivity contribution < 1.29 is 9.21 Å². The molecule has 1 heterocycles. The number of furan rings is 1. The van der Waals surface area contributed by atoms with Crippen molar-refractivity contribution >= 4 is 35.2 Å². The van der Waals surface area contributed by atoms with Crippen molar-refractivity contribution in [3.05, 3.63) is 51.7 Å². The quantitative estimate of drug-likeness (QED) is 0.514. The molecule has 0 aliphatic heterocycles. The van der Waals surface area contributed by atoms with Crippen LogP contribution in [0.3, 0.4) is 0 Å². The first kappa shape index (κ1) is 19.5. The molecule has 1 saturated carbocycles. The van der Waals surface area contributed by atoms with Gasteiger partial charge in [-0.25, -0.2) is 0 Å². The highest BCUT2D eigenvalue weighted by molar-refractivity contribution is 6.35. The van der Waals surface area contributed by atoms with Gasteiger partial charge in [-0.05, 0) is 49.1 Å². The van der Waals surface area contributed by atoms with E-state index in [-0.39, 0.29) is 17.5 Å². The number of benzene rings is 1. The highest BCUT2D eigenvalue weighted by Crippen LogP contribution is 2.32. The molecule has 3 rings (SSSR count). The number of hydrogen-bond acceptors (Lipinski definition) is 3. The van der Waals surface area contributed by atoms with E-state index in [4.69, 9.17) is 27.6 Å². The number of halogens is 2. The fourth-order valence-electron chi connectivity index (χ4n) is 3.33. The molecular formula is C21H20Cl2N2O2. The van der Waals surface area contributed by atoms with Crippen molar-refractivity contribution in [2.45, 2.75) is 38.6 Å². The number of nitriles is 1. The first-order valence-corrected chi connectivity index (χ1v) is 9.71. The van der Waals surface area contributed by atoms with Crippen molar-refractivity contribution in [1.29, 1.82) is 5.26 Å². The molecule has 140 valence electrons. The Hall–Kier alpha value is -2.22. The Balaban J connectivity index is 1.78. The number of rotatable bonds is 4. The SMILES string of the molecule is C[C@@H]1CCCC[C@H]1NC(=O)/C(C#N)=C/c1ccc(-c2cc(Cl)ccc2Cl)o1. The van der Waals surface area contributed by atoms with Crippen molar-refractivity contribution in [1.82, 2.24) is 5.32 Å². The summed E-state index contributed by atoms with van der Waals surface area (Å²) in [6.07, 6.45) is 5.78. The van der Waals surface area contributed by atoms with Gasteiger partial charge in [-0.1, -0.05) is 43.0 Å². The molecule has 1 aromatic carbocycles. The van der Waals surface area contributed by atoms with Gasteiger partial charge in [0.25, 0.3) is 5.91 Å². The number of hydrogen-bond donors (Lipinski definition) is 1. The summed E-state index contributed by atoms with van der Waals surface area (Å²) < 4.78 is 5.75. The predicted octanol–water partition coefficient (Wildman–Crippen LogP) is 5.86. The number of carbonyl (C=O) groups is 1. The fraction of sp³-hybridized carbons (Fsp3) is 0.333. The summed E-state index contributed by atoms with van der Waals surface area (Å²) in [6.45, 7) is 2.13. The lowest BCUT2D eigenvalue weighted by atomic mass is 9.86. The van der Waals surface area contributed by atoms with Gasteiger partial charge in [0.05, 0.1) is 5.02 Å². The standard InChI is InChI=1S/C21H20Cl2N2O2/c1-13-4-2-3-5-19(13)25-21(26)14(12-24)10-16-7-9-20(27-16)17-11-15(22)6-8-18(17)23/h6-11,13,19H,2-5H2,1H3,(H,25,26)/b14-10+/t13-,19-/m1/s1. The summed E-state index contributed by atoms with van der Waals surface area (Å²) in [7, 11) is 0. The van der Waals surface area contributed by atoms with Gasteiger partial charge < -0.3 is 9.73 Å². The third kappa shape index (κ3) is 4.74. The lowest BCUT2D eigenvalue weighted by Gasteiger charge is -2.29. The van der Waals surface area contributed by atoms with Crippen LogP contribution in [-0.2, 0) is 4.79 Å². The van der Waals surface area contributed by atoms with E-state index >= 15 is 0 Å². The monoisotopic (exact) mass is 402 g/mol. The van der Waals surface area contributed by atoms with E-state index < -0.39 is 0 Å². The van der Waals surface area contributed by atoms with Crippen LogP contribution in [0, 0.1) is 17.2 Å². The second-order valence-electron chi connectivity index (χ2n) is 6.84. The number of amides is 1. The summed E-state index contributed by atoms with van der Waals surface area (Å²) in [5.74, 6) is 0.981. The zero-order valence-corrected chi connectivity index (χ0v) is 16.5. The zero-order valence-electron chi connectivity index (χ0n) is 15.0. The van der Waals surface area contributed by atoms with Crippen LogP contribution in [0.1, 0.15) is 38.4 Å². The highest BCUT2D eigenvalue weighted by atomic mass is 35.5. The molecule has 6 heteroatoms. The van der Waals surface area contributed by atoms with E-state index in [2.05, 4.69) is 12.2 Å². The maximum absolute atomic E-state index is 12.5. The minimum atomic E-state index is -0.366. The maximum Gasteiger partial charge on any atom is 0.262 e. The topological polar surface area (TPSA) is 66.0 Å². The molecule has 1 fully saturated rings. The molecule has 0 radical (unpaired) electrons. The van der Waals surface area contributed by atoms with E-state index in [1.165, 1.54) is 12.5 Å². The number of nitrogens with one attached hydrogen (secondary N) is 1. The molecule has 2 atom stereocenters. The maximum atomic E-state index is 12.5. The van der Waals surface area contributed by atoms with Crippen molar-refractivity contribution in [2.24, 2.45) is 5.92 Å². The largest absolute Gasteiger partial charge is 0.457 e. The first-order valence-electron chi connectivity index (χ1n) is 8.96. The summed E-state index contributed by atoms with van der Waals surface area (Å²) >= 11 is 12.2. The Labute approximate surface area is 168 Å². The van der Waals surface area contributed by atoms with E-state index in [0.29, 0.717) is 33.0 Å². The second kappa shape index (κ2) is 8.65. The van der Waals surface area contributed by atoms with E-state index in [1.54, 1.807) is 30.3 Å². The van der Waals surface area contributed by atoms with E-state index in [1.807, 2.05) is 6.07 Å². The van der Waals surface area contributed by atoms with Crippen molar-refractivity contribution in [3.63, 3.8) is 0 Å². The molecule has 1 aliphatic carbocycles. The molecule has 27 heavy (non-hydrogen) atoms. The predicted molar refractivity (Wildman–Crippen MR) is 107 cm³/mol. The van der Waals surface area contributed by atoms with Gasteiger partial charge in [-0.2, -0.15) is 5.26 Å². The second-order valence-corrected chi connectivity index (χ2v) is 7.68. The lowest BCUT2D eigenvalue weighted by Crippen LogP contribution is -2.41. The molecule has 1 aliphatic rings. The van der Waals surface area contributed by atoms with Gasteiger partial charge in [0.2, 0.25) is 0 Å². The van der Waals surface area contributed by atoms with Gasteiger partial charge in [-0.15, -0.1) is 0 Å². The van der Waals surface area contributed by atoms with Crippen LogP contribution >= 0.6 is 23.2 Å². The molecule has 1 aromatic heterocycles. The molecule has 1 amide bonds. The summed E-state index contributed by atoms with van der Waals surface area (Å²) in [6, 6.07) is 10.6. The minimum absolute atomic E-state index is 0.0193. The fourth-order valence-corrected chi connectivity index (χ4v) is 3.71. The molecule has 1 N–H and O–H groups in total. The van der Waals surface area contributed by atoms with Gasteiger partial charge in [0.15, 0.2) is 0 Å². The summed E-state index contributed by atoms with van der Waals surface area (Å²) in [4.78, 5) is 12.5. The number of carbonyl (C=O) groups excluding carboxylic acids is 1. The van der Waals surface area contributed by atoms with Crippen molar-refractivity contribution in [2.75, 3.05) is 0 Å². The van der Waals surface area contributed by atoms with Crippen LogP contribution in [0.25, 0.3) is 17.4 Å². The van der Waals surface area contributed by atoms with Crippen LogP contribution in [0.5, 0.6) is 0 Å². The Morgan fingerprint density at radius 1 is 1.26 bits per heavy atom. The molecular weight excluding hydrogens is 383 g/mol. The van der Waals surface area contributed by atoms with Gasteiger partial charge in [0, 0.05) is 22.7 Å². The molecule has 4 nitrogen and oxygen atoms in total. The van der Waals surface area contributed by atoms with E-state index in [9.17, 15) is 10.1 Å². The van der Waals surface area contributed by atoms with Crippen LogP contribution in [-0.4, -0.2) is 11.9 Å². The summed E-state index contributed by atoms with van der Waals surface area (Å²) in [5.41, 5.74) is 0.675. The van der Waals surface area contributed by atoms with Crippen LogP contribution < -0.4 is 5.32 Å². The molecule has 0 bridgehead atoms. The number of nitrogens with zero attached hydrogens (tertiary/aromatic N) is 1. The third-order valence-corrected chi connectivity index (χ3v) is 5.46. The third-order valence-electron chi connectivity index (χ3n) is 4.90. The Kier molecular flexibility index (Phi) is 6.26. The molecule has 0 spiro atoms.